The largest absolute Gasteiger partial charge is 0.342 e. The highest BCUT2D eigenvalue weighted by Gasteiger charge is 2.34. The molecule has 1 aromatic carbocycles. The van der Waals surface area contributed by atoms with Crippen molar-refractivity contribution in [2.45, 2.75) is 44.6 Å². The van der Waals surface area contributed by atoms with Crippen LogP contribution in [0.5, 0.6) is 0 Å². The molecule has 4 rings (SSSR count). The summed E-state index contributed by atoms with van der Waals surface area (Å²) in [5.41, 5.74) is 0.424. The zero-order valence-electron chi connectivity index (χ0n) is 16.5. The molecular formula is C22H30FN3O2. The lowest BCUT2D eigenvalue weighted by molar-refractivity contribution is -0.136. The standard InChI is InChI=1S/C22H30FN3O2/c23-19-7-3-5-17(15-19)21(27)25-13-8-20(9-14-25)26-12-4-6-18(16-26)22(28)24-10-1-2-11-24/h3,5,7,15,18,20H,1-2,4,6,8-14,16H2/t18-/m1/s1. The van der Waals surface area contributed by atoms with E-state index >= 15 is 0 Å². The molecule has 0 spiro atoms. The van der Waals surface area contributed by atoms with Crippen LogP contribution in [0.25, 0.3) is 0 Å². The molecule has 0 radical (unpaired) electrons. The number of benzene rings is 1. The number of amides is 2. The van der Waals surface area contributed by atoms with E-state index in [1.807, 2.05) is 4.90 Å². The predicted molar refractivity (Wildman–Crippen MR) is 105 cm³/mol. The third-order valence-corrected chi connectivity index (χ3v) is 6.56. The minimum Gasteiger partial charge on any atom is -0.342 e. The monoisotopic (exact) mass is 387 g/mol. The van der Waals surface area contributed by atoms with E-state index in [-0.39, 0.29) is 17.6 Å². The van der Waals surface area contributed by atoms with Gasteiger partial charge in [-0.3, -0.25) is 14.5 Å². The van der Waals surface area contributed by atoms with E-state index < -0.39 is 0 Å². The predicted octanol–water partition coefficient (Wildman–Crippen LogP) is 2.76. The van der Waals surface area contributed by atoms with Gasteiger partial charge >= 0.3 is 0 Å². The van der Waals surface area contributed by atoms with Gasteiger partial charge in [0.15, 0.2) is 0 Å². The highest BCUT2D eigenvalue weighted by atomic mass is 19.1. The molecule has 3 fully saturated rings. The Morgan fingerprint density at radius 2 is 1.64 bits per heavy atom. The van der Waals surface area contributed by atoms with Crippen LogP contribution >= 0.6 is 0 Å². The number of carbonyl (C=O) groups is 2. The van der Waals surface area contributed by atoms with Gasteiger partial charge in [0.25, 0.3) is 5.91 Å². The molecule has 3 aliphatic rings. The molecule has 0 saturated carbocycles. The van der Waals surface area contributed by atoms with Crippen molar-refractivity contribution >= 4 is 11.8 Å². The molecule has 28 heavy (non-hydrogen) atoms. The number of likely N-dealkylation sites (tertiary alicyclic amines) is 3. The number of hydrogen-bond donors (Lipinski definition) is 0. The van der Waals surface area contributed by atoms with Crippen LogP contribution in [0.3, 0.4) is 0 Å². The number of carbonyl (C=O) groups excluding carboxylic acids is 2. The molecule has 0 N–H and O–H groups in total. The van der Waals surface area contributed by atoms with Gasteiger partial charge in [0.1, 0.15) is 5.82 Å². The van der Waals surface area contributed by atoms with Crippen molar-refractivity contribution in [1.82, 2.24) is 14.7 Å². The summed E-state index contributed by atoms with van der Waals surface area (Å²) in [5.74, 6) is 0.0289. The number of hydrogen-bond acceptors (Lipinski definition) is 3. The summed E-state index contributed by atoms with van der Waals surface area (Å²) in [5, 5.41) is 0. The minimum atomic E-state index is -0.372. The summed E-state index contributed by atoms with van der Waals surface area (Å²) in [4.78, 5) is 31.8. The highest BCUT2D eigenvalue weighted by Crippen LogP contribution is 2.26. The fraction of sp³-hybridized carbons (Fsp3) is 0.636. The van der Waals surface area contributed by atoms with Gasteiger partial charge < -0.3 is 9.80 Å². The average Bonchev–Trinajstić information content (AvgIpc) is 3.28. The summed E-state index contributed by atoms with van der Waals surface area (Å²) in [6, 6.07) is 6.37. The molecule has 5 nitrogen and oxygen atoms in total. The van der Waals surface area contributed by atoms with Crippen molar-refractivity contribution in [1.29, 1.82) is 0 Å². The first-order chi connectivity index (χ1) is 13.6. The SMILES string of the molecule is O=C(c1cccc(F)c1)N1CCC(N2CCC[C@@H](C(=O)N3CCCC3)C2)CC1. The molecule has 1 atom stereocenters. The van der Waals surface area contributed by atoms with Gasteiger partial charge in [-0.25, -0.2) is 4.39 Å². The molecule has 0 aromatic heterocycles. The first-order valence-corrected chi connectivity index (χ1v) is 10.7. The molecule has 1 aromatic rings. The Labute approximate surface area is 166 Å². The smallest absolute Gasteiger partial charge is 0.253 e. The highest BCUT2D eigenvalue weighted by molar-refractivity contribution is 5.94. The topological polar surface area (TPSA) is 43.9 Å². The third-order valence-electron chi connectivity index (χ3n) is 6.56. The maximum absolute atomic E-state index is 13.4. The second-order valence-electron chi connectivity index (χ2n) is 8.40. The first kappa shape index (κ1) is 19.4. The molecular weight excluding hydrogens is 357 g/mol. The van der Waals surface area contributed by atoms with Crippen molar-refractivity contribution in [3.8, 4) is 0 Å². The summed E-state index contributed by atoms with van der Waals surface area (Å²) < 4.78 is 13.4. The van der Waals surface area contributed by atoms with E-state index in [1.165, 1.54) is 12.1 Å². The first-order valence-electron chi connectivity index (χ1n) is 10.7. The zero-order chi connectivity index (χ0) is 19.5. The van der Waals surface area contributed by atoms with Crippen LogP contribution < -0.4 is 0 Å². The van der Waals surface area contributed by atoms with Gasteiger partial charge in [-0.1, -0.05) is 6.07 Å². The Morgan fingerprint density at radius 1 is 0.893 bits per heavy atom. The summed E-state index contributed by atoms with van der Waals surface area (Å²) >= 11 is 0. The molecule has 0 aliphatic carbocycles. The molecule has 3 heterocycles. The Hall–Kier alpha value is -1.95. The normalized spacial score (nSPS) is 24.5. The van der Waals surface area contributed by atoms with Gasteiger partial charge in [0.05, 0.1) is 5.92 Å². The van der Waals surface area contributed by atoms with Gasteiger partial charge in [0, 0.05) is 44.3 Å². The second-order valence-corrected chi connectivity index (χ2v) is 8.40. The third kappa shape index (κ3) is 4.22. The number of piperidine rings is 2. The van der Waals surface area contributed by atoms with Crippen LogP contribution in [0.4, 0.5) is 4.39 Å². The van der Waals surface area contributed by atoms with E-state index in [4.69, 9.17) is 0 Å². The lowest BCUT2D eigenvalue weighted by atomic mass is 9.92. The molecule has 3 aliphatic heterocycles. The average molecular weight is 387 g/mol. The minimum absolute atomic E-state index is 0.0846. The summed E-state index contributed by atoms with van der Waals surface area (Å²) in [6.07, 6.45) is 6.20. The zero-order valence-corrected chi connectivity index (χ0v) is 16.5. The lowest BCUT2D eigenvalue weighted by Gasteiger charge is -2.42. The molecule has 2 amide bonds. The number of nitrogens with zero attached hydrogens (tertiary/aromatic N) is 3. The van der Waals surface area contributed by atoms with E-state index in [9.17, 15) is 14.0 Å². The van der Waals surface area contributed by atoms with E-state index in [2.05, 4.69) is 9.80 Å². The number of rotatable bonds is 3. The summed E-state index contributed by atoms with van der Waals surface area (Å²) in [6.45, 7) is 5.15. The molecule has 152 valence electrons. The van der Waals surface area contributed by atoms with Gasteiger partial charge in [0.2, 0.25) is 5.91 Å². The van der Waals surface area contributed by atoms with Crippen LogP contribution in [0.1, 0.15) is 48.9 Å². The maximum Gasteiger partial charge on any atom is 0.253 e. The van der Waals surface area contributed by atoms with Crippen LogP contribution in [-0.2, 0) is 4.79 Å². The van der Waals surface area contributed by atoms with Crippen LogP contribution in [0, 0.1) is 11.7 Å². The Morgan fingerprint density at radius 3 is 2.36 bits per heavy atom. The van der Waals surface area contributed by atoms with Crippen molar-refractivity contribution in [3.63, 3.8) is 0 Å². The van der Waals surface area contributed by atoms with Gasteiger partial charge in [-0.05, 0) is 63.3 Å². The fourth-order valence-corrected chi connectivity index (χ4v) is 4.97. The Bertz CT molecular complexity index is 711. The quantitative estimate of drug-likeness (QED) is 0.801. The van der Waals surface area contributed by atoms with Crippen LogP contribution in [0.15, 0.2) is 24.3 Å². The second kappa shape index (κ2) is 8.60. The molecule has 6 heteroatoms. The molecule has 0 unspecified atom stereocenters. The molecule has 0 bridgehead atoms. The van der Waals surface area contributed by atoms with Gasteiger partial charge in [-0.15, -0.1) is 0 Å². The van der Waals surface area contributed by atoms with Crippen LogP contribution in [-0.4, -0.2) is 71.8 Å². The van der Waals surface area contributed by atoms with Crippen LogP contribution in [0.2, 0.25) is 0 Å². The van der Waals surface area contributed by atoms with E-state index in [1.54, 1.807) is 12.1 Å². The van der Waals surface area contributed by atoms with Crippen molar-refractivity contribution < 1.29 is 14.0 Å². The van der Waals surface area contributed by atoms with Crippen molar-refractivity contribution in [2.24, 2.45) is 5.92 Å². The van der Waals surface area contributed by atoms with Crippen molar-refractivity contribution in [2.75, 3.05) is 39.3 Å². The van der Waals surface area contributed by atoms with Crippen molar-refractivity contribution in [3.05, 3.63) is 35.6 Å². The number of halogens is 1. The Kier molecular flexibility index (Phi) is 5.95. The Balaban J connectivity index is 1.30. The van der Waals surface area contributed by atoms with Gasteiger partial charge in [-0.2, -0.15) is 0 Å². The molecule has 3 saturated heterocycles. The van der Waals surface area contributed by atoms with E-state index in [0.29, 0.717) is 30.6 Å². The lowest BCUT2D eigenvalue weighted by Crippen LogP contribution is -2.51. The maximum atomic E-state index is 13.4. The fourth-order valence-electron chi connectivity index (χ4n) is 4.97. The summed E-state index contributed by atoms with van der Waals surface area (Å²) in [7, 11) is 0. The van der Waals surface area contributed by atoms with E-state index in [0.717, 1.165) is 64.7 Å².